The van der Waals surface area contributed by atoms with Crippen LogP contribution in [0.4, 0.5) is 0 Å². The van der Waals surface area contributed by atoms with Crippen LogP contribution < -0.4 is 5.32 Å². The predicted octanol–water partition coefficient (Wildman–Crippen LogP) is 1.73. The van der Waals surface area contributed by atoms with Gasteiger partial charge in [0.1, 0.15) is 0 Å². The van der Waals surface area contributed by atoms with Gasteiger partial charge < -0.3 is 10.2 Å². The second kappa shape index (κ2) is 9.26. The topological polar surface area (TPSA) is 75.2 Å². The fourth-order valence-corrected chi connectivity index (χ4v) is 4.45. The highest BCUT2D eigenvalue weighted by atomic mass is 32.2. The highest BCUT2D eigenvalue weighted by Gasteiger charge is 2.18. The van der Waals surface area contributed by atoms with Crippen molar-refractivity contribution in [1.82, 2.24) is 20.4 Å². The quantitative estimate of drug-likeness (QED) is 0.721. The van der Waals surface area contributed by atoms with E-state index in [4.69, 9.17) is 0 Å². The van der Waals surface area contributed by atoms with Crippen LogP contribution in [0.25, 0.3) is 0 Å². The molecule has 6 nitrogen and oxygen atoms in total. The van der Waals surface area contributed by atoms with Crippen LogP contribution in [0.3, 0.4) is 0 Å². The lowest BCUT2D eigenvalue weighted by Crippen LogP contribution is -2.29. The van der Waals surface area contributed by atoms with Crippen LogP contribution >= 0.6 is 34.9 Å². The van der Waals surface area contributed by atoms with Crippen LogP contribution in [0.5, 0.6) is 0 Å². The molecule has 0 bridgehead atoms. The van der Waals surface area contributed by atoms with E-state index in [1.165, 1.54) is 34.9 Å². The Morgan fingerprint density at radius 3 is 2.62 bits per heavy atom. The number of thioether (sulfide) groups is 2. The molecule has 0 aliphatic rings. The van der Waals surface area contributed by atoms with Crippen molar-refractivity contribution in [2.24, 2.45) is 0 Å². The van der Waals surface area contributed by atoms with Crippen LogP contribution in [-0.4, -0.2) is 58.6 Å². The molecule has 1 rings (SSSR count). The molecule has 21 heavy (non-hydrogen) atoms. The molecule has 0 saturated heterocycles. The van der Waals surface area contributed by atoms with Crippen molar-refractivity contribution < 1.29 is 9.59 Å². The summed E-state index contributed by atoms with van der Waals surface area (Å²) in [6.07, 6.45) is 0.924. The van der Waals surface area contributed by atoms with E-state index >= 15 is 0 Å². The number of hydrogen-bond acceptors (Lipinski definition) is 7. The van der Waals surface area contributed by atoms with E-state index < -0.39 is 0 Å². The Balaban J connectivity index is 2.43. The fourth-order valence-electron chi connectivity index (χ4n) is 1.31. The van der Waals surface area contributed by atoms with Crippen molar-refractivity contribution in [2.45, 2.75) is 34.2 Å². The Bertz CT molecular complexity index is 479. The van der Waals surface area contributed by atoms with Crippen molar-refractivity contribution in [1.29, 1.82) is 0 Å². The van der Waals surface area contributed by atoms with Gasteiger partial charge in [-0.15, -0.1) is 10.2 Å². The summed E-state index contributed by atoms with van der Waals surface area (Å²) in [5.41, 5.74) is 0. The molecule has 0 aromatic carbocycles. The van der Waals surface area contributed by atoms with E-state index in [0.29, 0.717) is 12.3 Å². The van der Waals surface area contributed by atoms with E-state index in [1.807, 2.05) is 13.8 Å². The van der Waals surface area contributed by atoms with Gasteiger partial charge in [0.05, 0.1) is 11.0 Å². The van der Waals surface area contributed by atoms with Crippen molar-refractivity contribution in [3.05, 3.63) is 0 Å². The fraction of sp³-hybridized carbons (Fsp3) is 0.667. The number of amides is 2. The van der Waals surface area contributed by atoms with E-state index in [2.05, 4.69) is 15.5 Å². The summed E-state index contributed by atoms with van der Waals surface area (Å²) in [6.45, 7) is 4.55. The first-order valence-corrected chi connectivity index (χ1v) is 9.23. The SMILES string of the molecule is CCCNC(=O)CSc1nnc(S[C@@H](C)C(=O)N(C)C)s1. The van der Waals surface area contributed by atoms with Gasteiger partial charge in [0.2, 0.25) is 11.8 Å². The molecular formula is C12H20N4O2S3. The Morgan fingerprint density at radius 1 is 1.33 bits per heavy atom. The molecule has 1 aromatic rings. The first-order valence-electron chi connectivity index (χ1n) is 6.54. The molecule has 9 heteroatoms. The van der Waals surface area contributed by atoms with Crippen molar-refractivity contribution in [3.63, 3.8) is 0 Å². The average Bonchev–Trinajstić information content (AvgIpc) is 2.89. The van der Waals surface area contributed by atoms with Crippen molar-refractivity contribution >= 4 is 46.7 Å². The number of carbonyl (C=O) groups excluding carboxylic acids is 2. The summed E-state index contributed by atoms with van der Waals surface area (Å²) in [5.74, 6) is 0.386. The molecule has 0 spiro atoms. The maximum absolute atomic E-state index is 11.8. The Labute approximate surface area is 137 Å². The summed E-state index contributed by atoms with van der Waals surface area (Å²) in [6, 6.07) is 0. The number of rotatable bonds is 8. The minimum atomic E-state index is -0.196. The molecule has 1 aromatic heterocycles. The van der Waals surface area contributed by atoms with E-state index in [9.17, 15) is 9.59 Å². The predicted molar refractivity (Wildman–Crippen MR) is 87.9 cm³/mol. The van der Waals surface area contributed by atoms with Crippen molar-refractivity contribution in [2.75, 3.05) is 26.4 Å². The molecule has 1 N–H and O–H groups in total. The lowest BCUT2D eigenvalue weighted by molar-refractivity contribution is -0.127. The third kappa shape index (κ3) is 6.66. The van der Waals surface area contributed by atoms with Crippen LogP contribution in [0, 0.1) is 0 Å². The lowest BCUT2D eigenvalue weighted by Gasteiger charge is -2.14. The maximum atomic E-state index is 11.8. The molecule has 0 saturated carbocycles. The van der Waals surface area contributed by atoms with Gasteiger partial charge in [-0.1, -0.05) is 41.8 Å². The number of aromatic nitrogens is 2. The van der Waals surface area contributed by atoms with Gasteiger partial charge in [0.15, 0.2) is 8.68 Å². The number of nitrogens with one attached hydrogen (secondary N) is 1. The summed E-state index contributed by atoms with van der Waals surface area (Å²) < 4.78 is 1.49. The van der Waals surface area contributed by atoms with Crippen LogP contribution in [0.1, 0.15) is 20.3 Å². The first kappa shape index (κ1) is 18.2. The zero-order valence-electron chi connectivity index (χ0n) is 12.6. The average molecular weight is 349 g/mol. The van der Waals surface area contributed by atoms with E-state index in [1.54, 1.807) is 19.0 Å². The van der Waals surface area contributed by atoms with Crippen LogP contribution in [0.2, 0.25) is 0 Å². The minimum Gasteiger partial charge on any atom is -0.355 e. The minimum absolute atomic E-state index is 0.00223. The van der Waals surface area contributed by atoms with Gasteiger partial charge in [-0.25, -0.2) is 0 Å². The van der Waals surface area contributed by atoms with Gasteiger partial charge in [-0.05, 0) is 13.3 Å². The van der Waals surface area contributed by atoms with Gasteiger partial charge in [-0.3, -0.25) is 9.59 Å². The van der Waals surface area contributed by atoms with Gasteiger partial charge >= 0.3 is 0 Å². The standard InChI is InChI=1S/C12H20N4O2S3/c1-5-6-13-9(17)7-19-11-14-15-12(21-11)20-8(2)10(18)16(3)4/h8H,5-7H2,1-4H3,(H,13,17)/t8-/m0/s1. The number of nitrogens with zero attached hydrogens (tertiary/aromatic N) is 3. The second-order valence-electron chi connectivity index (χ2n) is 4.47. The molecule has 118 valence electrons. The van der Waals surface area contributed by atoms with Crippen LogP contribution in [-0.2, 0) is 9.59 Å². The molecule has 0 aliphatic heterocycles. The van der Waals surface area contributed by atoms with Gasteiger partial charge in [-0.2, -0.15) is 0 Å². The van der Waals surface area contributed by atoms with E-state index in [0.717, 1.165) is 15.1 Å². The van der Waals surface area contributed by atoms with Crippen LogP contribution in [0.15, 0.2) is 8.68 Å². The molecule has 1 atom stereocenters. The lowest BCUT2D eigenvalue weighted by atomic mass is 10.4. The van der Waals surface area contributed by atoms with E-state index in [-0.39, 0.29) is 17.1 Å². The smallest absolute Gasteiger partial charge is 0.235 e. The molecule has 0 aliphatic carbocycles. The second-order valence-corrected chi connectivity index (χ2v) is 8.25. The Kier molecular flexibility index (Phi) is 8.05. The summed E-state index contributed by atoms with van der Waals surface area (Å²) in [5, 5.41) is 10.7. The Hall–Kier alpha value is -0.800. The largest absolute Gasteiger partial charge is 0.355 e. The molecular weight excluding hydrogens is 328 g/mol. The molecule has 2 amide bonds. The summed E-state index contributed by atoms with van der Waals surface area (Å²) in [4.78, 5) is 24.8. The molecule has 1 heterocycles. The molecule has 0 unspecified atom stereocenters. The number of carbonyl (C=O) groups is 2. The summed E-state index contributed by atoms with van der Waals surface area (Å²) >= 11 is 4.16. The number of hydrogen-bond donors (Lipinski definition) is 1. The zero-order valence-corrected chi connectivity index (χ0v) is 15.0. The highest BCUT2D eigenvalue weighted by molar-refractivity contribution is 8.04. The van der Waals surface area contributed by atoms with Gasteiger partial charge in [0, 0.05) is 20.6 Å². The zero-order chi connectivity index (χ0) is 15.8. The third-order valence-electron chi connectivity index (χ3n) is 2.35. The third-order valence-corrected chi connectivity index (χ3v) is 5.58. The van der Waals surface area contributed by atoms with Gasteiger partial charge in [0.25, 0.3) is 0 Å². The normalized spacial score (nSPS) is 12.0. The van der Waals surface area contributed by atoms with Crippen molar-refractivity contribution in [3.8, 4) is 0 Å². The molecule has 0 fully saturated rings. The summed E-state index contributed by atoms with van der Waals surface area (Å²) in [7, 11) is 3.46. The molecule has 0 radical (unpaired) electrons. The Morgan fingerprint density at radius 2 is 2.00 bits per heavy atom. The highest BCUT2D eigenvalue weighted by Crippen LogP contribution is 2.31. The first-order chi connectivity index (χ1) is 9.93. The monoisotopic (exact) mass is 348 g/mol. The maximum Gasteiger partial charge on any atom is 0.235 e.